The lowest BCUT2D eigenvalue weighted by Crippen LogP contribution is -2.41. The van der Waals surface area contributed by atoms with Crippen LogP contribution in [0.2, 0.25) is 0 Å². The van der Waals surface area contributed by atoms with Gasteiger partial charge in [0.1, 0.15) is 25.6 Å². The van der Waals surface area contributed by atoms with Gasteiger partial charge in [-0.1, -0.05) is 5.21 Å². The van der Waals surface area contributed by atoms with Crippen LogP contribution in [0.1, 0.15) is 12.6 Å². The van der Waals surface area contributed by atoms with E-state index in [0.29, 0.717) is 5.65 Å². The minimum atomic E-state index is -4.24. The van der Waals surface area contributed by atoms with E-state index >= 15 is 0 Å². The molecule has 40 heavy (non-hydrogen) atoms. The molecule has 0 aromatic carbocycles. The SMILES string of the molecule is Nc1ncnc2c1nnn2[C@H]1C[C@H](O)[C@@H](COP(O)(=S)O[C@@]2(n3ccc(=O)n4ccnc34)COC(CO)=C2O)O1. The summed E-state index contributed by atoms with van der Waals surface area (Å²) >= 11 is 5.24. The molecule has 4 aromatic heterocycles. The average Bonchev–Trinajstić information content (AvgIpc) is 3.70. The van der Waals surface area contributed by atoms with Crippen molar-refractivity contribution in [3.63, 3.8) is 0 Å². The minimum Gasteiger partial charge on any atom is -0.505 e. The molecule has 4 aromatic rings. The number of aromatic nitrogens is 8. The zero-order valence-electron chi connectivity index (χ0n) is 20.3. The summed E-state index contributed by atoms with van der Waals surface area (Å²) < 4.78 is 26.4. The van der Waals surface area contributed by atoms with Crippen LogP contribution < -0.4 is 11.3 Å². The number of aliphatic hydroxyl groups is 3. The van der Waals surface area contributed by atoms with E-state index < -0.39 is 62.0 Å². The van der Waals surface area contributed by atoms with Gasteiger partial charge < -0.3 is 39.9 Å². The van der Waals surface area contributed by atoms with Crippen molar-refractivity contribution in [3.8, 4) is 0 Å². The van der Waals surface area contributed by atoms with Gasteiger partial charge in [0.05, 0.1) is 12.7 Å². The topological polar surface area (TPSA) is 240 Å². The fraction of sp³-hybridized carbons (Fsp3) is 0.400. The van der Waals surface area contributed by atoms with E-state index in [4.69, 9.17) is 36.1 Å². The molecule has 6 N–H and O–H groups in total. The van der Waals surface area contributed by atoms with Crippen molar-refractivity contribution in [2.24, 2.45) is 0 Å². The molecule has 1 saturated heterocycles. The molecule has 2 aliphatic heterocycles. The van der Waals surface area contributed by atoms with Gasteiger partial charge in [0.15, 0.2) is 34.7 Å². The second-order valence-corrected chi connectivity index (χ2v) is 11.6. The van der Waals surface area contributed by atoms with Crippen molar-refractivity contribution in [3.05, 3.63) is 52.9 Å². The van der Waals surface area contributed by atoms with Crippen LogP contribution in [-0.2, 0) is 36.1 Å². The van der Waals surface area contributed by atoms with Crippen LogP contribution in [0.15, 0.2) is 47.3 Å². The van der Waals surface area contributed by atoms with Crippen LogP contribution in [0.5, 0.6) is 0 Å². The Labute approximate surface area is 228 Å². The Bertz CT molecular complexity index is 1740. The standard InChI is InChI=1S/C20H22N9O9PS/c21-17-15-18(24-9-23-17)29(26-25-15)14-5-10(31)12(37-14)7-36-39(34,40)38-20(8-35-11(6-30)16(20)33)28-3-1-13(32)27-4-2-22-19(27)28/h1-4,9-10,12,14,30-31,33H,5-8H2,(H,34,40)(H2,21,23,24)/t10-,12+,14+,20-,39?/m0/s1. The molecule has 1 unspecified atom stereocenters. The van der Waals surface area contributed by atoms with Gasteiger partial charge >= 0.3 is 6.72 Å². The number of aliphatic hydroxyl groups excluding tert-OH is 3. The van der Waals surface area contributed by atoms with Gasteiger partial charge in [-0.3, -0.25) is 18.3 Å². The molecule has 1 fully saturated rings. The fourth-order valence-corrected chi connectivity index (χ4v) is 6.09. The number of nitrogen functional groups attached to an aromatic ring is 1. The summed E-state index contributed by atoms with van der Waals surface area (Å²) in [4.78, 5) is 35.4. The largest absolute Gasteiger partial charge is 0.505 e. The highest BCUT2D eigenvalue weighted by molar-refractivity contribution is 8.07. The molecule has 0 saturated carbocycles. The van der Waals surface area contributed by atoms with E-state index in [0.717, 1.165) is 0 Å². The third kappa shape index (κ3) is 4.32. The van der Waals surface area contributed by atoms with Crippen LogP contribution in [0.3, 0.4) is 0 Å². The Kier molecular flexibility index (Phi) is 6.55. The van der Waals surface area contributed by atoms with Crippen molar-refractivity contribution >= 4 is 41.3 Å². The summed E-state index contributed by atoms with van der Waals surface area (Å²) in [5.74, 6) is -0.680. The van der Waals surface area contributed by atoms with Crippen molar-refractivity contribution < 1.29 is 38.7 Å². The van der Waals surface area contributed by atoms with Crippen LogP contribution in [0.4, 0.5) is 5.82 Å². The number of nitrogens with zero attached hydrogens (tertiary/aromatic N) is 8. The summed E-state index contributed by atoms with van der Waals surface area (Å²) in [6.45, 7) is -5.79. The van der Waals surface area contributed by atoms with Crippen molar-refractivity contribution in [1.29, 1.82) is 0 Å². The molecule has 0 bridgehead atoms. The van der Waals surface area contributed by atoms with E-state index in [1.54, 1.807) is 0 Å². The first-order chi connectivity index (χ1) is 19.1. The first-order valence-corrected chi connectivity index (χ1v) is 14.3. The van der Waals surface area contributed by atoms with Crippen molar-refractivity contribution in [1.82, 2.24) is 38.9 Å². The second-order valence-electron chi connectivity index (χ2n) is 8.88. The lowest BCUT2D eigenvalue weighted by molar-refractivity contribution is -0.0635. The predicted octanol–water partition coefficient (Wildman–Crippen LogP) is -1.34. The highest BCUT2D eigenvalue weighted by Crippen LogP contribution is 2.53. The van der Waals surface area contributed by atoms with Crippen LogP contribution in [0, 0.1) is 0 Å². The molecular formula is C20H22N9O9PS. The average molecular weight is 595 g/mol. The molecule has 20 heteroatoms. The number of fused-ring (bicyclic) bond motifs is 2. The lowest BCUT2D eigenvalue weighted by atomic mass is 10.2. The summed E-state index contributed by atoms with van der Waals surface area (Å²) in [6, 6.07) is 1.18. The normalized spacial score (nSPS) is 26.5. The van der Waals surface area contributed by atoms with Gasteiger partial charge in [-0.15, -0.1) is 5.10 Å². The Hall–Kier alpha value is -3.55. The molecule has 0 radical (unpaired) electrons. The first kappa shape index (κ1) is 26.7. The Morgan fingerprint density at radius 1 is 1.30 bits per heavy atom. The molecule has 18 nitrogen and oxygen atoms in total. The number of hydrogen-bond acceptors (Lipinski definition) is 15. The monoisotopic (exact) mass is 595 g/mol. The Morgan fingerprint density at radius 2 is 2.12 bits per heavy atom. The van der Waals surface area contributed by atoms with Gasteiger partial charge in [0, 0.05) is 31.1 Å². The number of imidazole rings is 1. The van der Waals surface area contributed by atoms with E-state index in [-0.39, 0.29) is 29.3 Å². The molecule has 6 heterocycles. The molecule has 212 valence electrons. The molecule has 0 amide bonds. The molecule has 0 spiro atoms. The summed E-state index contributed by atoms with van der Waals surface area (Å²) in [7, 11) is 0. The zero-order chi connectivity index (χ0) is 28.2. The molecule has 5 atom stereocenters. The molecule has 6 rings (SSSR count). The Morgan fingerprint density at radius 3 is 2.90 bits per heavy atom. The minimum absolute atomic E-state index is 0.0266. The van der Waals surface area contributed by atoms with E-state index in [1.807, 2.05) is 0 Å². The zero-order valence-corrected chi connectivity index (χ0v) is 22.0. The third-order valence-electron chi connectivity index (χ3n) is 6.48. The fourth-order valence-electron chi connectivity index (χ4n) is 4.54. The number of anilines is 1. The highest BCUT2D eigenvalue weighted by Gasteiger charge is 2.51. The summed E-state index contributed by atoms with van der Waals surface area (Å²) in [6.07, 6.45) is 2.53. The summed E-state index contributed by atoms with van der Waals surface area (Å²) in [5.41, 5.74) is 3.92. The highest BCUT2D eigenvalue weighted by atomic mass is 32.5. The predicted molar refractivity (Wildman–Crippen MR) is 136 cm³/mol. The third-order valence-corrected chi connectivity index (χ3v) is 8.03. The van der Waals surface area contributed by atoms with Crippen molar-refractivity contribution in [2.45, 2.75) is 30.6 Å². The molecular weight excluding hydrogens is 573 g/mol. The van der Waals surface area contributed by atoms with Gasteiger partial charge in [0.2, 0.25) is 5.78 Å². The van der Waals surface area contributed by atoms with Crippen LogP contribution in [-0.4, -0.2) is 91.2 Å². The number of ether oxygens (including phenoxy) is 2. The van der Waals surface area contributed by atoms with Gasteiger partial charge in [-0.05, 0) is 11.8 Å². The smallest absolute Gasteiger partial charge is 0.327 e. The molecule has 0 aliphatic carbocycles. The van der Waals surface area contributed by atoms with Gasteiger partial charge in [-0.25, -0.2) is 15.0 Å². The van der Waals surface area contributed by atoms with E-state index in [9.17, 15) is 25.0 Å². The van der Waals surface area contributed by atoms with E-state index in [1.165, 1.54) is 44.6 Å². The number of hydrogen-bond donors (Lipinski definition) is 5. The maximum atomic E-state index is 12.3. The Balaban J connectivity index is 1.24. The second kappa shape index (κ2) is 9.82. The van der Waals surface area contributed by atoms with Gasteiger partial charge in [-0.2, -0.15) is 4.68 Å². The van der Waals surface area contributed by atoms with Crippen LogP contribution in [0.25, 0.3) is 16.9 Å². The first-order valence-electron chi connectivity index (χ1n) is 11.7. The number of rotatable bonds is 8. The number of nitrogens with two attached hydrogens (primary N) is 1. The van der Waals surface area contributed by atoms with Crippen LogP contribution >= 0.6 is 6.72 Å². The maximum absolute atomic E-state index is 12.3. The van der Waals surface area contributed by atoms with E-state index in [2.05, 4.69) is 25.3 Å². The maximum Gasteiger partial charge on any atom is 0.327 e. The molecule has 2 aliphatic rings. The van der Waals surface area contributed by atoms with Gasteiger partial charge in [0.25, 0.3) is 11.3 Å². The van der Waals surface area contributed by atoms with Crippen molar-refractivity contribution in [2.75, 3.05) is 25.6 Å². The summed E-state index contributed by atoms with van der Waals surface area (Å²) in [5, 5.41) is 39.2. The quantitative estimate of drug-likeness (QED) is 0.148. The lowest BCUT2D eigenvalue weighted by Gasteiger charge is -2.33.